The van der Waals surface area contributed by atoms with Crippen LogP contribution in [0, 0.1) is 0 Å². The van der Waals surface area contributed by atoms with Crippen LogP contribution in [0.25, 0.3) is 11.3 Å². The number of carboxylic acids is 1. The SMILES string of the molecule is O=C1Nc2cc(C(=O)O)ccc2/C1=C(/Nc1ccc2c(c1)CCN2)c1ccccc1. The molecule has 0 radical (unpaired) electrons. The second kappa shape index (κ2) is 7.08. The number of rotatable bonds is 4. The monoisotopic (exact) mass is 397 g/mol. The minimum absolute atomic E-state index is 0.135. The van der Waals surface area contributed by atoms with Crippen LogP contribution < -0.4 is 16.0 Å². The van der Waals surface area contributed by atoms with E-state index in [1.54, 1.807) is 6.07 Å². The van der Waals surface area contributed by atoms with Crippen molar-refractivity contribution in [2.45, 2.75) is 6.42 Å². The number of amides is 1. The second-order valence-electron chi connectivity index (χ2n) is 7.31. The predicted molar refractivity (Wildman–Crippen MR) is 118 cm³/mol. The summed E-state index contributed by atoms with van der Waals surface area (Å²) in [7, 11) is 0. The van der Waals surface area contributed by atoms with Gasteiger partial charge in [0.25, 0.3) is 5.91 Å². The van der Waals surface area contributed by atoms with Crippen molar-refractivity contribution in [2.75, 3.05) is 22.5 Å². The van der Waals surface area contributed by atoms with E-state index in [4.69, 9.17) is 0 Å². The standard InChI is InChI=1S/C24H19N3O3/c28-23-21(18-8-6-16(24(29)30)13-20(18)27-23)22(14-4-2-1-3-5-14)26-17-7-9-19-15(12-17)10-11-25-19/h1-9,12-13,25-26H,10-11H2,(H,27,28)(H,29,30)/b22-21-. The van der Waals surface area contributed by atoms with Crippen molar-refractivity contribution in [3.05, 3.63) is 89.0 Å². The molecule has 4 N–H and O–H groups in total. The zero-order valence-corrected chi connectivity index (χ0v) is 16.0. The average Bonchev–Trinajstić information content (AvgIpc) is 3.35. The molecule has 2 heterocycles. The van der Waals surface area contributed by atoms with Gasteiger partial charge in [-0.3, -0.25) is 4.79 Å². The van der Waals surface area contributed by atoms with Crippen molar-refractivity contribution in [1.82, 2.24) is 0 Å². The Morgan fingerprint density at radius 2 is 1.77 bits per heavy atom. The molecule has 0 unspecified atom stereocenters. The maximum Gasteiger partial charge on any atom is 0.335 e. The van der Waals surface area contributed by atoms with E-state index in [9.17, 15) is 14.7 Å². The van der Waals surface area contributed by atoms with E-state index >= 15 is 0 Å². The molecule has 5 rings (SSSR count). The Balaban J connectivity index is 1.65. The van der Waals surface area contributed by atoms with Gasteiger partial charge in [0.2, 0.25) is 0 Å². The van der Waals surface area contributed by atoms with E-state index in [1.807, 2.05) is 42.5 Å². The summed E-state index contributed by atoms with van der Waals surface area (Å²) in [5.74, 6) is -1.29. The number of fused-ring (bicyclic) bond motifs is 2. The quantitative estimate of drug-likeness (QED) is 0.493. The number of nitrogens with one attached hydrogen (secondary N) is 3. The van der Waals surface area contributed by atoms with Crippen LogP contribution in [0.5, 0.6) is 0 Å². The molecule has 3 aromatic rings. The van der Waals surface area contributed by atoms with Gasteiger partial charge in [0.05, 0.1) is 22.5 Å². The molecule has 6 heteroatoms. The molecule has 1 amide bonds. The zero-order valence-electron chi connectivity index (χ0n) is 16.0. The van der Waals surface area contributed by atoms with E-state index in [-0.39, 0.29) is 11.5 Å². The first-order valence-corrected chi connectivity index (χ1v) is 9.73. The summed E-state index contributed by atoms with van der Waals surface area (Å²) in [6, 6.07) is 20.5. The number of benzene rings is 3. The Labute approximate surface area is 173 Å². The lowest BCUT2D eigenvalue weighted by atomic mass is 9.99. The van der Waals surface area contributed by atoms with Crippen molar-refractivity contribution >= 4 is 40.2 Å². The van der Waals surface area contributed by atoms with Gasteiger partial charge in [-0.05, 0) is 47.9 Å². The molecule has 2 aliphatic heterocycles. The summed E-state index contributed by atoms with van der Waals surface area (Å²) in [4.78, 5) is 24.2. The number of anilines is 3. The molecule has 30 heavy (non-hydrogen) atoms. The first kappa shape index (κ1) is 18.0. The van der Waals surface area contributed by atoms with E-state index in [2.05, 4.69) is 22.0 Å². The minimum Gasteiger partial charge on any atom is -0.478 e. The fourth-order valence-electron chi connectivity index (χ4n) is 3.96. The highest BCUT2D eigenvalue weighted by Gasteiger charge is 2.29. The fourth-order valence-corrected chi connectivity index (χ4v) is 3.96. The van der Waals surface area contributed by atoms with Crippen LogP contribution in [0.3, 0.4) is 0 Å². The summed E-state index contributed by atoms with van der Waals surface area (Å²) in [6.07, 6.45) is 0.962. The Kier molecular flexibility index (Phi) is 4.25. The summed E-state index contributed by atoms with van der Waals surface area (Å²) in [5, 5.41) is 18.9. The van der Waals surface area contributed by atoms with Gasteiger partial charge in [0.15, 0.2) is 0 Å². The number of hydrogen-bond acceptors (Lipinski definition) is 4. The number of hydrogen-bond donors (Lipinski definition) is 4. The first-order valence-electron chi connectivity index (χ1n) is 9.73. The Hall–Kier alpha value is -4.06. The van der Waals surface area contributed by atoms with Gasteiger partial charge in [-0.1, -0.05) is 36.4 Å². The topological polar surface area (TPSA) is 90.5 Å². The van der Waals surface area contributed by atoms with Gasteiger partial charge in [-0.25, -0.2) is 4.79 Å². The van der Waals surface area contributed by atoms with Crippen LogP contribution in [0.2, 0.25) is 0 Å². The molecule has 2 aliphatic rings. The van der Waals surface area contributed by atoms with Crippen molar-refractivity contribution in [1.29, 1.82) is 0 Å². The van der Waals surface area contributed by atoms with Gasteiger partial charge in [0, 0.05) is 23.5 Å². The lowest BCUT2D eigenvalue weighted by Crippen LogP contribution is -2.10. The van der Waals surface area contributed by atoms with E-state index in [1.165, 1.54) is 17.7 Å². The fraction of sp³-hybridized carbons (Fsp3) is 0.0833. The summed E-state index contributed by atoms with van der Waals surface area (Å²) in [5.41, 5.74) is 6.63. The maximum atomic E-state index is 12.9. The summed E-state index contributed by atoms with van der Waals surface area (Å²) in [6.45, 7) is 0.924. The Morgan fingerprint density at radius 1 is 0.933 bits per heavy atom. The molecular weight excluding hydrogens is 378 g/mol. The molecule has 0 saturated heterocycles. The Bertz CT molecular complexity index is 1220. The van der Waals surface area contributed by atoms with Gasteiger partial charge in [-0.15, -0.1) is 0 Å². The van der Waals surface area contributed by atoms with Gasteiger partial charge in [-0.2, -0.15) is 0 Å². The molecule has 0 saturated carbocycles. The highest BCUT2D eigenvalue weighted by atomic mass is 16.4. The third-order valence-electron chi connectivity index (χ3n) is 5.41. The lowest BCUT2D eigenvalue weighted by molar-refractivity contribution is -0.110. The highest BCUT2D eigenvalue weighted by Crippen LogP contribution is 2.38. The largest absolute Gasteiger partial charge is 0.478 e. The molecule has 148 valence electrons. The number of aromatic carboxylic acids is 1. The van der Waals surface area contributed by atoms with Crippen LogP contribution in [-0.4, -0.2) is 23.5 Å². The summed E-state index contributed by atoms with van der Waals surface area (Å²) < 4.78 is 0. The molecule has 0 bridgehead atoms. The number of carboxylic acid groups (broad SMARTS) is 1. The zero-order chi connectivity index (χ0) is 20.7. The van der Waals surface area contributed by atoms with Crippen LogP contribution in [0.4, 0.5) is 17.1 Å². The first-order chi connectivity index (χ1) is 14.6. The predicted octanol–water partition coefficient (Wildman–Crippen LogP) is 4.29. The van der Waals surface area contributed by atoms with E-state index in [0.717, 1.165) is 29.9 Å². The molecule has 0 atom stereocenters. The molecule has 6 nitrogen and oxygen atoms in total. The van der Waals surface area contributed by atoms with Crippen LogP contribution >= 0.6 is 0 Å². The minimum atomic E-state index is -1.03. The molecule has 0 fully saturated rings. The molecule has 3 aromatic carbocycles. The van der Waals surface area contributed by atoms with Crippen LogP contribution in [0.1, 0.15) is 27.0 Å². The summed E-state index contributed by atoms with van der Waals surface area (Å²) >= 11 is 0. The van der Waals surface area contributed by atoms with E-state index < -0.39 is 5.97 Å². The average molecular weight is 397 g/mol. The normalized spacial score (nSPS) is 15.7. The van der Waals surface area contributed by atoms with Crippen molar-refractivity contribution in [3.8, 4) is 0 Å². The van der Waals surface area contributed by atoms with Crippen LogP contribution in [-0.2, 0) is 11.2 Å². The van der Waals surface area contributed by atoms with Crippen molar-refractivity contribution < 1.29 is 14.7 Å². The highest BCUT2D eigenvalue weighted by molar-refractivity contribution is 6.37. The second-order valence-corrected chi connectivity index (χ2v) is 7.31. The third-order valence-corrected chi connectivity index (χ3v) is 5.41. The molecule has 0 aliphatic carbocycles. The van der Waals surface area contributed by atoms with Crippen molar-refractivity contribution in [3.63, 3.8) is 0 Å². The maximum absolute atomic E-state index is 12.9. The third kappa shape index (κ3) is 3.08. The van der Waals surface area contributed by atoms with Crippen molar-refractivity contribution in [2.24, 2.45) is 0 Å². The number of carbonyl (C=O) groups is 2. The smallest absolute Gasteiger partial charge is 0.335 e. The lowest BCUT2D eigenvalue weighted by Gasteiger charge is -2.15. The van der Waals surface area contributed by atoms with Gasteiger partial charge >= 0.3 is 5.97 Å². The van der Waals surface area contributed by atoms with Gasteiger partial charge < -0.3 is 21.1 Å². The molecular formula is C24H19N3O3. The number of carbonyl (C=O) groups excluding carboxylic acids is 1. The Morgan fingerprint density at radius 3 is 2.57 bits per heavy atom. The molecule has 0 spiro atoms. The van der Waals surface area contributed by atoms with E-state index in [0.29, 0.717) is 22.5 Å². The molecule has 0 aromatic heterocycles. The van der Waals surface area contributed by atoms with Crippen LogP contribution in [0.15, 0.2) is 66.7 Å². The van der Waals surface area contributed by atoms with Gasteiger partial charge in [0.1, 0.15) is 0 Å².